The van der Waals surface area contributed by atoms with E-state index < -0.39 is 24.1 Å². The molecule has 2 aromatic carbocycles. The van der Waals surface area contributed by atoms with Crippen molar-refractivity contribution >= 4 is 11.9 Å². The molecular formula is C20H22FNO5. The summed E-state index contributed by atoms with van der Waals surface area (Å²) in [6.45, 7) is 3.21. The lowest BCUT2D eigenvalue weighted by atomic mass is 10.2. The summed E-state index contributed by atoms with van der Waals surface area (Å²) in [4.78, 5) is 24.2. The second-order valence-corrected chi connectivity index (χ2v) is 5.86. The van der Waals surface area contributed by atoms with E-state index in [2.05, 4.69) is 5.32 Å². The smallest absolute Gasteiger partial charge is 0.347 e. The summed E-state index contributed by atoms with van der Waals surface area (Å²) >= 11 is 0. The van der Waals surface area contributed by atoms with Crippen LogP contribution in [0.4, 0.5) is 4.39 Å². The summed E-state index contributed by atoms with van der Waals surface area (Å²) in [5, 5.41) is 2.63. The van der Waals surface area contributed by atoms with Gasteiger partial charge in [0.2, 0.25) is 0 Å². The third-order valence-electron chi connectivity index (χ3n) is 3.75. The fraction of sp³-hybridized carbons (Fsp3) is 0.300. The van der Waals surface area contributed by atoms with Crippen LogP contribution in [0.25, 0.3) is 0 Å². The topological polar surface area (TPSA) is 73.9 Å². The van der Waals surface area contributed by atoms with Crippen LogP contribution in [-0.4, -0.2) is 31.2 Å². The molecule has 0 spiro atoms. The highest BCUT2D eigenvalue weighted by atomic mass is 19.1. The molecule has 2 rings (SSSR count). The van der Waals surface area contributed by atoms with Crippen LogP contribution in [0.2, 0.25) is 0 Å². The van der Waals surface area contributed by atoms with Gasteiger partial charge in [0.25, 0.3) is 5.91 Å². The Labute approximate surface area is 157 Å². The first-order chi connectivity index (χ1) is 12.9. The van der Waals surface area contributed by atoms with Gasteiger partial charge in [0.15, 0.2) is 12.2 Å². The average Bonchev–Trinajstić information content (AvgIpc) is 2.67. The van der Waals surface area contributed by atoms with Crippen LogP contribution in [0.1, 0.15) is 19.4 Å². The monoisotopic (exact) mass is 375 g/mol. The molecule has 0 aliphatic rings. The van der Waals surface area contributed by atoms with E-state index in [1.807, 2.05) is 0 Å². The van der Waals surface area contributed by atoms with Gasteiger partial charge in [0.05, 0.1) is 7.11 Å². The lowest BCUT2D eigenvalue weighted by Crippen LogP contribution is -2.38. The van der Waals surface area contributed by atoms with Gasteiger partial charge in [-0.25, -0.2) is 9.18 Å². The highest BCUT2D eigenvalue weighted by Gasteiger charge is 2.23. The molecule has 0 bridgehead atoms. The van der Waals surface area contributed by atoms with Gasteiger partial charge in [-0.3, -0.25) is 4.79 Å². The van der Waals surface area contributed by atoms with Crippen molar-refractivity contribution in [2.24, 2.45) is 0 Å². The van der Waals surface area contributed by atoms with Crippen molar-refractivity contribution in [2.45, 2.75) is 32.6 Å². The van der Waals surface area contributed by atoms with E-state index in [0.717, 1.165) is 5.56 Å². The SMILES string of the molecule is COc1ccc(OC(C)C(=O)OC(C)C(=O)NCc2ccc(F)cc2)cc1. The van der Waals surface area contributed by atoms with E-state index in [1.165, 1.54) is 26.0 Å². The maximum absolute atomic E-state index is 12.9. The molecule has 1 amide bonds. The number of carbonyl (C=O) groups is 2. The molecule has 0 radical (unpaired) electrons. The zero-order chi connectivity index (χ0) is 19.8. The van der Waals surface area contributed by atoms with Crippen LogP contribution in [0.3, 0.4) is 0 Å². The van der Waals surface area contributed by atoms with E-state index in [-0.39, 0.29) is 12.4 Å². The van der Waals surface area contributed by atoms with Gasteiger partial charge < -0.3 is 19.5 Å². The van der Waals surface area contributed by atoms with E-state index in [4.69, 9.17) is 14.2 Å². The van der Waals surface area contributed by atoms with Gasteiger partial charge in [-0.2, -0.15) is 0 Å². The number of halogens is 1. The van der Waals surface area contributed by atoms with Crippen molar-refractivity contribution in [1.29, 1.82) is 0 Å². The molecule has 144 valence electrons. The minimum absolute atomic E-state index is 0.207. The summed E-state index contributed by atoms with van der Waals surface area (Å²) in [7, 11) is 1.55. The van der Waals surface area contributed by atoms with E-state index in [9.17, 15) is 14.0 Å². The molecule has 0 fully saturated rings. The lowest BCUT2D eigenvalue weighted by Gasteiger charge is -2.18. The van der Waals surface area contributed by atoms with Gasteiger partial charge in [-0.05, 0) is 55.8 Å². The first-order valence-corrected chi connectivity index (χ1v) is 8.42. The zero-order valence-electron chi connectivity index (χ0n) is 15.4. The number of carbonyl (C=O) groups excluding carboxylic acids is 2. The molecule has 2 aromatic rings. The standard InChI is InChI=1S/C20H22FNO5/c1-13(19(23)22-12-15-4-6-16(21)7-5-15)27-20(24)14(2)26-18-10-8-17(25-3)9-11-18/h4-11,13-14H,12H2,1-3H3,(H,22,23). The number of methoxy groups -OCH3 is 1. The average molecular weight is 375 g/mol. The number of hydrogen-bond donors (Lipinski definition) is 1. The van der Waals surface area contributed by atoms with Crippen LogP contribution >= 0.6 is 0 Å². The molecule has 0 saturated heterocycles. The fourth-order valence-electron chi connectivity index (χ4n) is 2.17. The van der Waals surface area contributed by atoms with E-state index in [1.54, 1.807) is 43.5 Å². The summed E-state index contributed by atoms with van der Waals surface area (Å²) in [6.07, 6.45) is -1.87. The lowest BCUT2D eigenvalue weighted by molar-refractivity contribution is -0.160. The van der Waals surface area contributed by atoms with E-state index in [0.29, 0.717) is 11.5 Å². The molecule has 0 aliphatic carbocycles. The van der Waals surface area contributed by atoms with Crippen molar-refractivity contribution in [3.05, 3.63) is 59.9 Å². The number of benzene rings is 2. The summed E-state index contributed by atoms with van der Waals surface area (Å²) in [5.74, 6) is -0.310. The molecular weight excluding hydrogens is 353 g/mol. The van der Waals surface area contributed by atoms with Crippen molar-refractivity contribution in [3.63, 3.8) is 0 Å². The Bertz CT molecular complexity index is 761. The third-order valence-corrected chi connectivity index (χ3v) is 3.75. The molecule has 1 N–H and O–H groups in total. The predicted octanol–water partition coefficient (Wildman–Crippen LogP) is 2.85. The van der Waals surface area contributed by atoms with Crippen LogP contribution in [-0.2, 0) is 20.9 Å². The molecule has 0 saturated carbocycles. The maximum atomic E-state index is 12.9. The van der Waals surface area contributed by atoms with Crippen LogP contribution in [0.15, 0.2) is 48.5 Å². The fourth-order valence-corrected chi connectivity index (χ4v) is 2.17. The zero-order valence-corrected chi connectivity index (χ0v) is 15.4. The minimum Gasteiger partial charge on any atom is -0.497 e. The van der Waals surface area contributed by atoms with Crippen LogP contribution in [0, 0.1) is 5.82 Å². The Morgan fingerprint density at radius 2 is 1.56 bits per heavy atom. The summed E-state index contributed by atoms with van der Waals surface area (Å²) in [6, 6.07) is 12.5. The maximum Gasteiger partial charge on any atom is 0.347 e. The van der Waals surface area contributed by atoms with Crippen molar-refractivity contribution in [2.75, 3.05) is 7.11 Å². The largest absolute Gasteiger partial charge is 0.497 e. The number of esters is 1. The second-order valence-electron chi connectivity index (χ2n) is 5.86. The van der Waals surface area contributed by atoms with Crippen molar-refractivity contribution in [1.82, 2.24) is 5.32 Å². The number of nitrogens with one attached hydrogen (secondary N) is 1. The summed E-state index contributed by atoms with van der Waals surface area (Å²) < 4.78 is 28.6. The molecule has 0 aromatic heterocycles. The minimum atomic E-state index is -0.986. The molecule has 2 atom stereocenters. The normalized spacial score (nSPS) is 12.6. The van der Waals surface area contributed by atoms with Gasteiger partial charge >= 0.3 is 5.97 Å². The van der Waals surface area contributed by atoms with Crippen LogP contribution in [0.5, 0.6) is 11.5 Å². The molecule has 2 unspecified atom stereocenters. The Kier molecular flexibility index (Phi) is 7.16. The number of ether oxygens (including phenoxy) is 3. The number of hydrogen-bond acceptors (Lipinski definition) is 5. The Morgan fingerprint density at radius 3 is 2.15 bits per heavy atom. The molecule has 7 heteroatoms. The Morgan fingerprint density at radius 1 is 0.963 bits per heavy atom. The molecule has 27 heavy (non-hydrogen) atoms. The first-order valence-electron chi connectivity index (χ1n) is 8.42. The van der Waals surface area contributed by atoms with E-state index >= 15 is 0 Å². The van der Waals surface area contributed by atoms with Gasteiger partial charge in [-0.15, -0.1) is 0 Å². The second kappa shape index (κ2) is 9.56. The van der Waals surface area contributed by atoms with Crippen LogP contribution < -0.4 is 14.8 Å². The van der Waals surface area contributed by atoms with Gasteiger partial charge in [0.1, 0.15) is 17.3 Å². The van der Waals surface area contributed by atoms with Gasteiger partial charge in [0, 0.05) is 6.54 Å². The highest BCUT2D eigenvalue weighted by molar-refractivity contribution is 5.84. The predicted molar refractivity (Wildman–Crippen MR) is 96.9 cm³/mol. The quantitative estimate of drug-likeness (QED) is 0.718. The van der Waals surface area contributed by atoms with Crippen molar-refractivity contribution < 1.29 is 28.2 Å². The third kappa shape index (κ3) is 6.29. The molecule has 0 heterocycles. The molecule has 0 aliphatic heterocycles. The first kappa shape index (κ1) is 20.2. The molecule has 6 nitrogen and oxygen atoms in total. The highest BCUT2D eigenvalue weighted by Crippen LogP contribution is 2.18. The Balaban J connectivity index is 1.80. The number of rotatable bonds is 8. The Hall–Kier alpha value is -3.09. The van der Waals surface area contributed by atoms with Gasteiger partial charge in [-0.1, -0.05) is 12.1 Å². The summed E-state index contributed by atoms with van der Waals surface area (Å²) in [5.41, 5.74) is 0.736. The van der Waals surface area contributed by atoms with Crippen molar-refractivity contribution in [3.8, 4) is 11.5 Å². The number of amides is 1.